The first kappa shape index (κ1) is 29.2. The van der Waals surface area contributed by atoms with Gasteiger partial charge in [0.2, 0.25) is 0 Å². The smallest absolute Gasteiger partial charge is 0.450 e. The van der Waals surface area contributed by atoms with Gasteiger partial charge >= 0.3 is 12.3 Å². The zero-order valence-corrected chi connectivity index (χ0v) is 15.5. The van der Waals surface area contributed by atoms with Crippen LogP contribution in [0.2, 0.25) is 0 Å². The minimum Gasteiger partial charge on any atom is -0.450 e. The van der Waals surface area contributed by atoms with Crippen LogP contribution in [-0.4, -0.2) is 75.4 Å². The Kier molecular flexibility index (Phi) is 30.4. The third kappa shape index (κ3) is 45.2. The van der Waals surface area contributed by atoms with Gasteiger partial charge in [-0.1, -0.05) is 37.5 Å². The molecule has 0 bridgehead atoms. The van der Waals surface area contributed by atoms with Gasteiger partial charge in [0.25, 0.3) is 0 Å². The summed E-state index contributed by atoms with van der Waals surface area (Å²) >= 11 is 0. The van der Waals surface area contributed by atoms with E-state index >= 15 is 0 Å². The molecule has 0 aliphatic heterocycles. The van der Waals surface area contributed by atoms with Gasteiger partial charge in [0.1, 0.15) is 13.2 Å². The molecule has 9 nitrogen and oxygen atoms in total. The second-order valence-corrected chi connectivity index (χ2v) is 4.07. The van der Waals surface area contributed by atoms with E-state index in [1.165, 1.54) is 12.2 Å². The minimum atomic E-state index is -1.26. The summed E-state index contributed by atoms with van der Waals surface area (Å²) in [5.74, 6) is 0. The number of ether oxygens (including phenoxy) is 5. The molecule has 0 rings (SSSR count). The first-order valence-corrected chi connectivity index (χ1v) is 7.84. The van der Waals surface area contributed by atoms with Crippen molar-refractivity contribution in [3.05, 3.63) is 50.6 Å². The summed E-state index contributed by atoms with van der Waals surface area (Å²) in [7, 11) is 0. The molecule has 0 aromatic carbocycles. The highest BCUT2D eigenvalue weighted by atomic mass is 16.7. The summed E-state index contributed by atoms with van der Waals surface area (Å²) in [6.45, 7) is 17.3. The fraction of sp³-hybridized carbons (Fsp3) is 0.444. The number of rotatable bonds is 14. The standard InChI is InChI=1S/C10H18O3.2C4H6O3/c1-3-5-11-7-9-13-10-8-12-6-4-2;2*1-2-3-7-4(5)6/h3-4H,1-2,5-10H2;2*2H,1,3H2,(H,5,6). The van der Waals surface area contributed by atoms with E-state index in [0.717, 1.165) is 0 Å². The van der Waals surface area contributed by atoms with E-state index in [9.17, 15) is 9.59 Å². The molecule has 2 N–H and O–H groups in total. The maximum atomic E-state index is 9.49. The Morgan fingerprint density at radius 1 is 0.593 bits per heavy atom. The zero-order valence-electron chi connectivity index (χ0n) is 15.5. The molecule has 0 aliphatic rings. The van der Waals surface area contributed by atoms with Crippen molar-refractivity contribution in [2.45, 2.75) is 0 Å². The molecule has 0 heterocycles. The van der Waals surface area contributed by atoms with Crippen LogP contribution >= 0.6 is 0 Å². The van der Waals surface area contributed by atoms with Gasteiger partial charge in [0.15, 0.2) is 0 Å². The van der Waals surface area contributed by atoms with Crippen LogP contribution in [-0.2, 0) is 23.7 Å². The summed E-state index contributed by atoms with van der Waals surface area (Å²) in [4.78, 5) is 19.0. The van der Waals surface area contributed by atoms with Gasteiger partial charge < -0.3 is 33.9 Å². The van der Waals surface area contributed by atoms with Gasteiger partial charge in [-0.2, -0.15) is 0 Å². The summed E-state index contributed by atoms with van der Waals surface area (Å²) in [5, 5.41) is 15.5. The van der Waals surface area contributed by atoms with Gasteiger partial charge in [0, 0.05) is 0 Å². The topological polar surface area (TPSA) is 121 Å². The Morgan fingerprint density at radius 2 is 0.889 bits per heavy atom. The summed E-state index contributed by atoms with van der Waals surface area (Å²) in [5.41, 5.74) is 0. The maximum absolute atomic E-state index is 9.49. The number of carbonyl (C=O) groups is 2. The van der Waals surface area contributed by atoms with Crippen molar-refractivity contribution < 1.29 is 43.5 Å². The first-order chi connectivity index (χ1) is 13.0. The van der Waals surface area contributed by atoms with Crippen molar-refractivity contribution in [1.82, 2.24) is 0 Å². The minimum absolute atomic E-state index is 0.0648. The van der Waals surface area contributed by atoms with Gasteiger partial charge in [-0.05, 0) is 0 Å². The van der Waals surface area contributed by atoms with Crippen LogP contribution in [0.4, 0.5) is 9.59 Å². The second kappa shape index (κ2) is 28.2. The van der Waals surface area contributed by atoms with Crippen molar-refractivity contribution in [3.63, 3.8) is 0 Å². The Hall–Kier alpha value is -2.62. The van der Waals surface area contributed by atoms with Crippen molar-refractivity contribution in [3.8, 4) is 0 Å². The lowest BCUT2D eigenvalue weighted by Crippen LogP contribution is -2.09. The predicted molar refractivity (Wildman–Crippen MR) is 101 cm³/mol. The van der Waals surface area contributed by atoms with E-state index in [4.69, 9.17) is 24.4 Å². The lowest BCUT2D eigenvalue weighted by Gasteiger charge is -2.04. The van der Waals surface area contributed by atoms with Gasteiger partial charge in [-0.3, -0.25) is 0 Å². The number of hydrogen-bond acceptors (Lipinski definition) is 7. The Labute approximate surface area is 160 Å². The fourth-order valence-electron chi connectivity index (χ4n) is 0.932. The highest BCUT2D eigenvalue weighted by Crippen LogP contribution is 1.81. The normalized spacial score (nSPS) is 8.59. The molecule has 27 heavy (non-hydrogen) atoms. The maximum Gasteiger partial charge on any atom is 0.506 e. The van der Waals surface area contributed by atoms with E-state index in [-0.39, 0.29) is 13.2 Å². The van der Waals surface area contributed by atoms with E-state index in [0.29, 0.717) is 39.6 Å². The van der Waals surface area contributed by atoms with Crippen LogP contribution in [0, 0.1) is 0 Å². The van der Waals surface area contributed by atoms with Crippen LogP contribution in [0.5, 0.6) is 0 Å². The van der Waals surface area contributed by atoms with Crippen LogP contribution in [0.1, 0.15) is 0 Å². The molecule has 0 amide bonds. The monoisotopic (exact) mass is 390 g/mol. The molecule has 0 fully saturated rings. The molecule has 0 aromatic heterocycles. The molecular weight excluding hydrogens is 360 g/mol. The Morgan fingerprint density at radius 3 is 1.11 bits per heavy atom. The Bertz CT molecular complexity index is 358. The Balaban J connectivity index is -0.000000350. The molecule has 9 heteroatoms. The van der Waals surface area contributed by atoms with E-state index < -0.39 is 12.3 Å². The highest BCUT2D eigenvalue weighted by Gasteiger charge is 1.89. The molecule has 0 spiro atoms. The average Bonchev–Trinajstić information content (AvgIpc) is 2.64. The first-order valence-electron chi connectivity index (χ1n) is 7.84. The lowest BCUT2D eigenvalue weighted by molar-refractivity contribution is 0.0253. The van der Waals surface area contributed by atoms with Crippen molar-refractivity contribution in [1.29, 1.82) is 0 Å². The van der Waals surface area contributed by atoms with E-state index in [1.807, 2.05) is 0 Å². The molecule has 0 saturated carbocycles. The van der Waals surface area contributed by atoms with Crippen LogP contribution in [0.25, 0.3) is 0 Å². The summed E-state index contributed by atoms with van der Waals surface area (Å²) in [6.07, 6.45) is 3.64. The molecule has 0 aromatic rings. The van der Waals surface area contributed by atoms with Crippen LogP contribution in [0.3, 0.4) is 0 Å². The van der Waals surface area contributed by atoms with E-state index in [1.54, 1.807) is 12.2 Å². The van der Waals surface area contributed by atoms with Crippen LogP contribution in [0.15, 0.2) is 50.6 Å². The molecule has 0 aliphatic carbocycles. The number of hydrogen-bond donors (Lipinski definition) is 2. The fourth-order valence-corrected chi connectivity index (χ4v) is 0.932. The second-order valence-electron chi connectivity index (χ2n) is 4.07. The van der Waals surface area contributed by atoms with Crippen molar-refractivity contribution >= 4 is 12.3 Å². The third-order valence-corrected chi connectivity index (χ3v) is 1.86. The lowest BCUT2D eigenvalue weighted by atomic mass is 10.6. The molecule has 0 saturated heterocycles. The predicted octanol–water partition coefficient (Wildman–Crippen LogP) is 3.14. The number of carboxylic acid groups (broad SMARTS) is 2. The molecule has 156 valence electrons. The van der Waals surface area contributed by atoms with Crippen molar-refractivity contribution in [2.24, 2.45) is 0 Å². The van der Waals surface area contributed by atoms with Gasteiger partial charge in [-0.15, -0.1) is 13.2 Å². The molecular formula is C18H30O9. The largest absolute Gasteiger partial charge is 0.506 e. The zero-order chi connectivity index (χ0) is 21.2. The van der Waals surface area contributed by atoms with Gasteiger partial charge in [0.05, 0.1) is 39.6 Å². The summed E-state index contributed by atoms with van der Waals surface area (Å²) < 4.78 is 23.4. The summed E-state index contributed by atoms with van der Waals surface area (Å²) in [6, 6.07) is 0. The third-order valence-electron chi connectivity index (χ3n) is 1.86. The van der Waals surface area contributed by atoms with Crippen molar-refractivity contribution in [2.75, 3.05) is 52.9 Å². The SMILES string of the molecule is C=CCOC(=O)O.C=CCOC(=O)O.C=CCOCCOCCOCC=C. The van der Waals surface area contributed by atoms with Gasteiger partial charge in [-0.25, -0.2) is 9.59 Å². The quantitative estimate of drug-likeness (QED) is 0.262. The molecule has 0 radical (unpaired) electrons. The molecule has 0 unspecified atom stereocenters. The average molecular weight is 390 g/mol. The van der Waals surface area contributed by atoms with E-state index in [2.05, 4.69) is 35.8 Å². The highest BCUT2D eigenvalue weighted by molar-refractivity contribution is 5.57. The molecule has 0 atom stereocenters. The van der Waals surface area contributed by atoms with Crippen LogP contribution < -0.4 is 0 Å².